The Morgan fingerprint density at radius 1 is 1.24 bits per heavy atom. The van der Waals surface area contributed by atoms with Gasteiger partial charge in [0, 0.05) is 18.3 Å². The topological polar surface area (TPSA) is 54.0 Å². The predicted octanol–water partition coefficient (Wildman–Crippen LogP) is 2.00. The van der Waals surface area contributed by atoms with Gasteiger partial charge in [0.15, 0.2) is 0 Å². The van der Waals surface area contributed by atoms with Crippen LogP contribution in [0.4, 0.5) is 0 Å². The van der Waals surface area contributed by atoms with Gasteiger partial charge < -0.3 is 10.6 Å². The molecular weight excluding hydrogens is 282 g/mol. The highest BCUT2D eigenvalue weighted by molar-refractivity contribution is 7.09. The number of hydrogen-bond donors (Lipinski definition) is 2. The van der Waals surface area contributed by atoms with Gasteiger partial charge in [-0.25, -0.2) is 4.98 Å². The van der Waals surface area contributed by atoms with Gasteiger partial charge in [-0.3, -0.25) is 4.79 Å². The third kappa shape index (κ3) is 5.65. The van der Waals surface area contributed by atoms with Crippen molar-refractivity contribution in [3.8, 4) is 0 Å². The lowest BCUT2D eigenvalue weighted by molar-refractivity contribution is -0.120. The molecule has 112 valence electrons. The molecule has 1 heterocycles. The van der Waals surface area contributed by atoms with Crippen molar-refractivity contribution in [3.05, 3.63) is 52.0 Å². The third-order valence-corrected chi connectivity index (χ3v) is 3.96. The van der Waals surface area contributed by atoms with Crippen molar-refractivity contribution < 1.29 is 4.79 Å². The first-order valence-corrected chi connectivity index (χ1v) is 8.04. The monoisotopic (exact) mass is 303 g/mol. The molecular formula is C16H21N3OS. The lowest BCUT2D eigenvalue weighted by atomic mass is 10.2. The summed E-state index contributed by atoms with van der Waals surface area (Å²) in [7, 11) is 1.91. The second kappa shape index (κ2) is 8.54. The highest BCUT2D eigenvalue weighted by Gasteiger charge is 2.07. The van der Waals surface area contributed by atoms with E-state index in [0.717, 1.165) is 30.1 Å². The highest BCUT2D eigenvalue weighted by atomic mass is 32.1. The summed E-state index contributed by atoms with van der Waals surface area (Å²) in [4.78, 5) is 16.3. The zero-order chi connectivity index (χ0) is 14.9. The van der Waals surface area contributed by atoms with Crippen LogP contribution in [0.2, 0.25) is 0 Å². The highest BCUT2D eigenvalue weighted by Crippen LogP contribution is 2.15. The maximum atomic E-state index is 11.8. The van der Waals surface area contributed by atoms with Crippen LogP contribution < -0.4 is 10.6 Å². The van der Waals surface area contributed by atoms with Crippen LogP contribution in [0.1, 0.15) is 22.7 Å². The van der Waals surface area contributed by atoms with Crippen LogP contribution in [0, 0.1) is 0 Å². The van der Waals surface area contributed by atoms with Crippen LogP contribution in [0.3, 0.4) is 0 Å². The van der Waals surface area contributed by atoms with Gasteiger partial charge in [0.2, 0.25) is 5.91 Å². The number of rotatable bonds is 8. The summed E-state index contributed by atoms with van der Waals surface area (Å²) in [5.74, 6) is 0.0441. The third-order valence-electron chi connectivity index (χ3n) is 3.06. The van der Waals surface area contributed by atoms with E-state index in [1.54, 1.807) is 11.3 Å². The largest absolute Gasteiger partial charge is 0.356 e. The number of thiazole rings is 1. The molecule has 0 atom stereocenters. The van der Waals surface area contributed by atoms with Gasteiger partial charge in [-0.2, -0.15) is 0 Å². The number of nitrogens with zero attached hydrogens (tertiary/aromatic N) is 1. The van der Waals surface area contributed by atoms with E-state index in [1.165, 1.54) is 5.56 Å². The zero-order valence-corrected chi connectivity index (χ0v) is 13.1. The minimum atomic E-state index is 0.0441. The molecule has 5 heteroatoms. The van der Waals surface area contributed by atoms with Gasteiger partial charge in [0.1, 0.15) is 0 Å². The molecule has 2 rings (SSSR count). The lowest BCUT2D eigenvalue weighted by Crippen LogP contribution is -2.28. The first kappa shape index (κ1) is 15.7. The van der Waals surface area contributed by atoms with Crippen molar-refractivity contribution in [3.63, 3.8) is 0 Å². The molecule has 2 aromatic rings. The first-order valence-electron chi connectivity index (χ1n) is 7.16. The molecule has 4 nitrogen and oxygen atoms in total. The molecule has 1 aromatic heterocycles. The number of carbonyl (C=O) groups is 1. The van der Waals surface area contributed by atoms with E-state index in [9.17, 15) is 4.79 Å². The molecule has 21 heavy (non-hydrogen) atoms. The number of aromatic nitrogens is 1. The van der Waals surface area contributed by atoms with Crippen LogP contribution in [-0.2, 0) is 17.6 Å². The molecule has 1 amide bonds. The van der Waals surface area contributed by atoms with E-state index >= 15 is 0 Å². The second-order valence-corrected chi connectivity index (χ2v) is 5.82. The quantitative estimate of drug-likeness (QED) is 0.734. The van der Waals surface area contributed by atoms with Gasteiger partial charge in [-0.05, 0) is 25.6 Å². The van der Waals surface area contributed by atoms with Crippen molar-refractivity contribution in [2.75, 3.05) is 20.1 Å². The van der Waals surface area contributed by atoms with Crippen LogP contribution >= 0.6 is 11.3 Å². The van der Waals surface area contributed by atoms with Crippen LogP contribution in [0.15, 0.2) is 35.7 Å². The van der Waals surface area contributed by atoms with E-state index in [2.05, 4.69) is 27.8 Å². The molecule has 0 saturated carbocycles. The first-order chi connectivity index (χ1) is 10.3. The Morgan fingerprint density at radius 3 is 2.81 bits per heavy atom. The van der Waals surface area contributed by atoms with Crippen LogP contribution in [0.25, 0.3) is 0 Å². The van der Waals surface area contributed by atoms with Crippen molar-refractivity contribution >= 4 is 17.2 Å². The molecule has 0 spiro atoms. The van der Waals surface area contributed by atoms with E-state index in [4.69, 9.17) is 0 Å². The Morgan fingerprint density at radius 2 is 2.05 bits per heavy atom. The number of hydrogen-bond acceptors (Lipinski definition) is 4. The van der Waals surface area contributed by atoms with Crippen molar-refractivity contribution in [2.24, 2.45) is 0 Å². The molecule has 0 bridgehead atoms. The molecule has 0 unspecified atom stereocenters. The van der Waals surface area contributed by atoms with Gasteiger partial charge in [-0.15, -0.1) is 11.3 Å². The fourth-order valence-corrected chi connectivity index (χ4v) is 2.83. The van der Waals surface area contributed by atoms with Crippen molar-refractivity contribution in [1.29, 1.82) is 0 Å². The average molecular weight is 303 g/mol. The van der Waals surface area contributed by atoms with E-state index in [-0.39, 0.29) is 5.91 Å². The Balaban J connectivity index is 1.79. The molecule has 2 N–H and O–H groups in total. The lowest BCUT2D eigenvalue weighted by Gasteiger charge is -2.03. The maximum absolute atomic E-state index is 11.8. The summed E-state index contributed by atoms with van der Waals surface area (Å²) in [6.07, 6.45) is 2.14. The number of benzene rings is 1. The minimum absolute atomic E-state index is 0.0441. The Hall–Kier alpha value is -1.72. The molecule has 1 aromatic carbocycles. The minimum Gasteiger partial charge on any atom is -0.356 e. The number of nitrogens with one attached hydrogen (secondary N) is 2. The van der Waals surface area contributed by atoms with Crippen molar-refractivity contribution in [1.82, 2.24) is 15.6 Å². The van der Waals surface area contributed by atoms with Crippen LogP contribution in [-0.4, -0.2) is 31.0 Å². The van der Waals surface area contributed by atoms with E-state index in [0.29, 0.717) is 13.0 Å². The zero-order valence-electron chi connectivity index (χ0n) is 12.3. The Bertz CT molecular complexity index is 554. The SMILES string of the molecule is CNCCCNC(=O)Cc1csc(Cc2ccccc2)n1. The molecule has 0 fully saturated rings. The van der Waals surface area contributed by atoms with Gasteiger partial charge in [0.25, 0.3) is 0 Å². The Labute approximate surface area is 129 Å². The smallest absolute Gasteiger partial charge is 0.226 e. The van der Waals surface area contributed by atoms with E-state index in [1.807, 2.05) is 30.6 Å². The number of carbonyl (C=O) groups excluding carboxylic acids is 1. The summed E-state index contributed by atoms with van der Waals surface area (Å²) >= 11 is 1.62. The normalized spacial score (nSPS) is 10.5. The molecule has 0 aliphatic heterocycles. The fourth-order valence-electron chi connectivity index (χ4n) is 2.00. The standard InChI is InChI=1S/C16H21N3OS/c1-17-8-5-9-18-15(20)11-14-12-21-16(19-14)10-13-6-3-2-4-7-13/h2-4,6-7,12,17H,5,8-11H2,1H3,(H,18,20). The summed E-state index contributed by atoms with van der Waals surface area (Å²) in [5.41, 5.74) is 2.10. The molecule has 0 radical (unpaired) electrons. The summed E-state index contributed by atoms with van der Waals surface area (Å²) in [6.45, 7) is 1.62. The molecule has 0 saturated heterocycles. The molecule has 0 aliphatic carbocycles. The number of amides is 1. The van der Waals surface area contributed by atoms with Gasteiger partial charge in [0.05, 0.1) is 17.1 Å². The predicted molar refractivity (Wildman–Crippen MR) is 86.6 cm³/mol. The molecule has 0 aliphatic rings. The summed E-state index contributed by atoms with van der Waals surface area (Å²) in [5, 5.41) is 9.00. The summed E-state index contributed by atoms with van der Waals surface area (Å²) < 4.78 is 0. The average Bonchev–Trinajstić information content (AvgIpc) is 2.92. The van der Waals surface area contributed by atoms with Gasteiger partial charge in [-0.1, -0.05) is 30.3 Å². The van der Waals surface area contributed by atoms with Crippen molar-refractivity contribution in [2.45, 2.75) is 19.3 Å². The van der Waals surface area contributed by atoms with Gasteiger partial charge >= 0.3 is 0 Å². The summed E-state index contributed by atoms with van der Waals surface area (Å²) in [6, 6.07) is 10.3. The van der Waals surface area contributed by atoms with Crippen LogP contribution in [0.5, 0.6) is 0 Å². The second-order valence-electron chi connectivity index (χ2n) is 4.88. The Kier molecular flexibility index (Phi) is 6.37. The fraction of sp³-hybridized carbons (Fsp3) is 0.375. The maximum Gasteiger partial charge on any atom is 0.226 e. The van der Waals surface area contributed by atoms with E-state index < -0.39 is 0 Å².